The molecule has 0 spiro atoms. The average Bonchev–Trinajstić information content (AvgIpc) is 2.47. The molecule has 1 aromatic heterocycles. The molecule has 1 nitrogen and oxygen atoms in total. The largest absolute Gasteiger partial charge is 0.314 e. The van der Waals surface area contributed by atoms with Crippen LogP contribution in [0.15, 0.2) is 5.38 Å². The van der Waals surface area contributed by atoms with Crippen LogP contribution < -0.4 is 5.32 Å². The Morgan fingerprint density at radius 3 is 2.86 bits per heavy atom. The highest BCUT2D eigenvalue weighted by Gasteiger charge is 2.29. The molecule has 0 saturated carbocycles. The molecule has 1 aliphatic carbocycles. The fourth-order valence-corrected chi connectivity index (χ4v) is 3.06. The number of hydrogen-bond donors (Lipinski definition) is 1. The van der Waals surface area contributed by atoms with Crippen LogP contribution in [0.3, 0.4) is 0 Å². The van der Waals surface area contributed by atoms with Crippen LogP contribution in [-0.2, 0) is 12.8 Å². The Kier molecular flexibility index (Phi) is 3.62. The Hall–Kier alpha value is -0.0500. The fourth-order valence-electron chi connectivity index (χ4n) is 2.14. The number of nitrogens with one attached hydrogen (secondary N) is 1. The lowest BCUT2D eigenvalue weighted by atomic mass is 9.80. The number of hydrogen-bond acceptors (Lipinski definition) is 2. The molecule has 0 saturated heterocycles. The molecule has 1 atom stereocenters. The molecule has 2 rings (SSSR count). The van der Waals surface area contributed by atoms with Crippen LogP contribution in [0, 0.1) is 6.92 Å². The molecular weight excluding hydrogens is 214 g/mol. The van der Waals surface area contributed by atoms with Crippen LogP contribution in [0.25, 0.3) is 0 Å². The van der Waals surface area contributed by atoms with Gasteiger partial charge in [0.05, 0.1) is 0 Å². The van der Waals surface area contributed by atoms with Gasteiger partial charge in [-0.05, 0) is 56.7 Å². The van der Waals surface area contributed by atoms with Crippen molar-refractivity contribution in [3.05, 3.63) is 21.4 Å². The number of fused-ring (bicyclic) bond motifs is 1. The molecule has 0 fully saturated rings. The lowest BCUT2D eigenvalue weighted by molar-refractivity contribution is 0.339. The molecule has 0 radical (unpaired) electrons. The monoisotopic (exact) mass is 231 g/mol. The maximum atomic E-state index is 3.44. The van der Waals surface area contributed by atoms with E-state index in [4.69, 9.17) is 0 Å². The maximum Gasteiger partial charge on any atom is 0.0194 e. The van der Waals surface area contributed by atoms with Gasteiger partial charge in [0.1, 0.15) is 0 Å². The van der Waals surface area contributed by atoms with Gasteiger partial charge in [0.2, 0.25) is 0 Å². The molecule has 80 valence electrons. The first-order valence-corrected chi connectivity index (χ1v) is 5.77. The molecule has 0 amide bonds. The van der Waals surface area contributed by atoms with Crippen molar-refractivity contribution in [2.75, 3.05) is 7.05 Å². The molecular formula is C11H18ClNS. The molecule has 1 heterocycles. The molecule has 1 aromatic rings. The minimum absolute atomic E-state index is 0. The minimum Gasteiger partial charge on any atom is -0.314 e. The predicted octanol–water partition coefficient (Wildman–Crippen LogP) is 2.95. The Morgan fingerprint density at radius 1 is 1.50 bits per heavy atom. The second kappa shape index (κ2) is 4.21. The van der Waals surface area contributed by atoms with E-state index in [1.165, 1.54) is 24.1 Å². The van der Waals surface area contributed by atoms with E-state index in [0.717, 1.165) is 0 Å². The predicted molar refractivity (Wildman–Crippen MR) is 65.8 cm³/mol. The van der Waals surface area contributed by atoms with E-state index < -0.39 is 0 Å². The Balaban J connectivity index is 0.000000980. The second-order valence-corrected chi connectivity index (χ2v) is 5.37. The molecule has 14 heavy (non-hydrogen) atoms. The van der Waals surface area contributed by atoms with E-state index in [2.05, 4.69) is 31.6 Å². The SMILES string of the molecule is CNC1(C)CCc2c(csc2C)C1.Cl. The summed E-state index contributed by atoms with van der Waals surface area (Å²) in [6, 6.07) is 0. The van der Waals surface area contributed by atoms with Crippen LogP contribution in [0.4, 0.5) is 0 Å². The van der Waals surface area contributed by atoms with Crippen LogP contribution in [0.2, 0.25) is 0 Å². The topological polar surface area (TPSA) is 12.0 Å². The quantitative estimate of drug-likeness (QED) is 0.784. The van der Waals surface area contributed by atoms with Crippen LogP contribution in [-0.4, -0.2) is 12.6 Å². The molecule has 0 bridgehead atoms. The van der Waals surface area contributed by atoms with Gasteiger partial charge in [0.25, 0.3) is 0 Å². The highest BCUT2D eigenvalue weighted by atomic mass is 35.5. The summed E-state index contributed by atoms with van der Waals surface area (Å²) in [6.07, 6.45) is 3.72. The fraction of sp³-hybridized carbons (Fsp3) is 0.636. The van der Waals surface area contributed by atoms with Gasteiger partial charge in [0.15, 0.2) is 0 Å². The highest BCUT2D eigenvalue weighted by molar-refractivity contribution is 7.10. The highest BCUT2D eigenvalue weighted by Crippen LogP contribution is 2.33. The van der Waals surface area contributed by atoms with E-state index in [-0.39, 0.29) is 12.4 Å². The smallest absolute Gasteiger partial charge is 0.0194 e. The summed E-state index contributed by atoms with van der Waals surface area (Å²) in [4.78, 5) is 1.52. The van der Waals surface area contributed by atoms with Gasteiger partial charge in [-0.2, -0.15) is 0 Å². The zero-order valence-corrected chi connectivity index (χ0v) is 10.6. The first-order chi connectivity index (χ1) is 6.14. The zero-order valence-electron chi connectivity index (χ0n) is 9.02. The van der Waals surface area contributed by atoms with E-state index in [0.29, 0.717) is 5.54 Å². The summed E-state index contributed by atoms with van der Waals surface area (Å²) in [5, 5.41) is 5.77. The Morgan fingerprint density at radius 2 is 2.21 bits per heavy atom. The number of aryl methyl sites for hydroxylation is 1. The second-order valence-electron chi connectivity index (χ2n) is 4.28. The summed E-state index contributed by atoms with van der Waals surface area (Å²) in [5.41, 5.74) is 3.53. The molecule has 0 aliphatic heterocycles. The number of thiophene rings is 1. The first kappa shape index (κ1) is 12.0. The van der Waals surface area contributed by atoms with Crippen molar-refractivity contribution in [3.63, 3.8) is 0 Å². The van der Waals surface area contributed by atoms with Crippen molar-refractivity contribution in [1.82, 2.24) is 5.32 Å². The summed E-state index contributed by atoms with van der Waals surface area (Å²) in [6.45, 7) is 4.56. The summed E-state index contributed by atoms with van der Waals surface area (Å²) in [5.74, 6) is 0. The normalized spacial score (nSPS) is 25.4. The van der Waals surface area contributed by atoms with Crippen molar-refractivity contribution in [3.8, 4) is 0 Å². The Bertz CT molecular complexity index is 321. The average molecular weight is 232 g/mol. The van der Waals surface area contributed by atoms with Crippen molar-refractivity contribution < 1.29 is 0 Å². The molecule has 3 heteroatoms. The van der Waals surface area contributed by atoms with E-state index in [1.54, 1.807) is 11.1 Å². The minimum atomic E-state index is 0. The van der Waals surface area contributed by atoms with Crippen LogP contribution >= 0.6 is 23.7 Å². The molecule has 0 aromatic carbocycles. The molecule has 1 N–H and O–H groups in total. The van der Waals surface area contributed by atoms with Gasteiger partial charge in [-0.25, -0.2) is 0 Å². The lowest BCUT2D eigenvalue weighted by Gasteiger charge is -2.33. The summed E-state index contributed by atoms with van der Waals surface area (Å²) >= 11 is 1.90. The van der Waals surface area contributed by atoms with Gasteiger partial charge in [-0.15, -0.1) is 23.7 Å². The van der Waals surface area contributed by atoms with Crippen molar-refractivity contribution in [2.24, 2.45) is 0 Å². The van der Waals surface area contributed by atoms with Gasteiger partial charge >= 0.3 is 0 Å². The standard InChI is InChI=1S/C11H17NS.ClH/c1-8-10-4-5-11(2,12-3)6-9(10)7-13-8;/h7,12H,4-6H2,1-3H3;1H. The zero-order chi connectivity index (χ0) is 9.47. The van der Waals surface area contributed by atoms with E-state index in [9.17, 15) is 0 Å². The van der Waals surface area contributed by atoms with E-state index in [1.807, 2.05) is 11.3 Å². The maximum absolute atomic E-state index is 3.44. The summed E-state index contributed by atoms with van der Waals surface area (Å²) in [7, 11) is 2.07. The Labute approximate surface area is 96.3 Å². The molecule has 1 unspecified atom stereocenters. The molecule has 1 aliphatic rings. The van der Waals surface area contributed by atoms with Gasteiger partial charge < -0.3 is 5.32 Å². The van der Waals surface area contributed by atoms with Crippen molar-refractivity contribution in [2.45, 2.75) is 38.6 Å². The van der Waals surface area contributed by atoms with Gasteiger partial charge in [-0.1, -0.05) is 0 Å². The van der Waals surface area contributed by atoms with Crippen LogP contribution in [0.5, 0.6) is 0 Å². The van der Waals surface area contributed by atoms with Gasteiger partial charge in [0, 0.05) is 10.4 Å². The third kappa shape index (κ3) is 1.97. The lowest BCUT2D eigenvalue weighted by Crippen LogP contribution is -2.44. The number of halogens is 1. The first-order valence-electron chi connectivity index (χ1n) is 4.89. The van der Waals surface area contributed by atoms with Crippen LogP contribution in [0.1, 0.15) is 29.3 Å². The third-order valence-electron chi connectivity index (χ3n) is 3.30. The third-order valence-corrected chi connectivity index (χ3v) is 4.30. The summed E-state index contributed by atoms with van der Waals surface area (Å²) < 4.78 is 0. The number of rotatable bonds is 1. The number of likely N-dealkylation sites (N-methyl/N-ethyl adjacent to an activating group) is 1. The van der Waals surface area contributed by atoms with E-state index >= 15 is 0 Å². The van der Waals surface area contributed by atoms with Crippen molar-refractivity contribution in [1.29, 1.82) is 0 Å². The van der Waals surface area contributed by atoms with Crippen molar-refractivity contribution >= 4 is 23.7 Å². The van der Waals surface area contributed by atoms with Gasteiger partial charge in [-0.3, -0.25) is 0 Å².